The van der Waals surface area contributed by atoms with E-state index >= 15 is 0 Å². The second kappa shape index (κ2) is 8.68. The summed E-state index contributed by atoms with van der Waals surface area (Å²) in [5.41, 5.74) is 4.50. The van der Waals surface area contributed by atoms with Crippen LogP contribution in [0, 0.1) is 6.92 Å². The molecular weight excluding hydrogens is 374 g/mol. The molecule has 0 spiro atoms. The molecule has 5 nitrogen and oxygen atoms in total. The highest BCUT2D eigenvalue weighted by Gasteiger charge is 2.28. The van der Waals surface area contributed by atoms with Crippen molar-refractivity contribution < 1.29 is 19.6 Å². The number of para-hydroxylation sites is 1. The number of hydrogen-bond donors (Lipinski definition) is 1. The van der Waals surface area contributed by atoms with Crippen molar-refractivity contribution in [3.05, 3.63) is 95.1 Å². The van der Waals surface area contributed by atoms with Gasteiger partial charge in [0.1, 0.15) is 0 Å². The van der Waals surface area contributed by atoms with E-state index in [1.165, 1.54) is 0 Å². The van der Waals surface area contributed by atoms with Gasteiger partial charge in [-0.2, -0.15) is 19.6 Å². The van der Waals surface area contributed by atoms with Crippen molar-refractivity contribution in [3.63, 3.8) is 0 Å². The largest absolute Gasteiger partial charge is 0.255 e. The molecule has 1 aliphatic heterocycles. The Bertz CT molecular complexity index is 949. The van der Waals surface area contributed by atoms with Crippen LogP contribution >= 0.6 is 12.6 Å². The fraction of sp³-hybridized carbons (Fsp3) is 0.136. The van der Waals surface area contributed by atoms with Crippen molar-refractivity contribution in [1.82, 2.24) is 0 Å². The number of aliphatic imine (C=N–C) groups is 1. The number of benzene rings is 3. The van der Waals surface area contributed by atoms with Gasteiger partial charge in [0.15, 0.2) is 0 Å². The molecule has 0 aromatic heterocycles. The topological polar surface area (TPSA) is 49.3 Å². The van der Waals surface area contributed by atoms with Crippen molar-refractivity contribution in [2.45, 2.75) is 24.4 Å². The average Bonchev–Trinajstić information content (AvgIpc) is 2.74. The molecule has 0 radical (unpaired) electrons. The quantitative estimate of drug-likeness (QED) is 0.354. The van der Waals surface area contributed by atoms with Crippen LogP contribution in [0.5, 0.6) is 0 Å². The van der Waals surface area contributed by atoms with Crippen molar-refractivity contribution >= 4 is 24.5 Å². The molecule has 28 heavy (non-hydrogen) atoms. The van der Waals surface area contributed by atoms with Crippen molar-refractivity contribution in [2.24, 2.45) is 4.99 Å². The predicted octanol–water partition coefficient (Wildman–Crippen LogP) is 5.64. The molecule has 6 heteroatoms. The standard InChI is InChI=1S/C22H19NO4S/c1-15-6-10-17(11-7-15)21-24-26-22(27-25-21)18-12-8-16(9-13-18)14-23-19-4-2-3-5-20(19)28/h2-14,21-22,28H,1H3. The predicted molar refractivity (Wildman–Crippen MR) is 108 cm³/mol. The minimum absolute atomic E-state index is 0.718. The van der Waals surface area contributed by atoms with E-state index in [9.17, 15) is 0 Å². The molecule has 0 atom stereocenters. The van der Waals surface area contributed by atoms with Crippen LogP contribution in [0.3, 0.4) is 0 Å². The van der Waals surface area contributed by atoms with Crippen molar-refractivity contribution in [1.29, 1.82) is 0 Å². The van der Waals surface area contributed by atoms with Crippen molar-refractivity contribution in [3.8, 4) is 0 Å². The first kappa shape index (κ1) is 18.9. The first-order valence-electron chi connectivity index (χ1n) is 8.82. The first-order chi connectivity index (χ1) is 13.7. The Kier molecular flexibility index (Phi) is 5.85. The van der Waals surface area contributed by atoms with Gasteiger partial charge in [-0.05, 0) is 24.6 Å². The lowest BCUT2D eigenvalue weighted by Gasteiger charge is -2.27. The first-order valence-corrected chi connectivity index (χ1v) is 9.26. The minimum Gasteiger partial charge on any atom is -0.255 e. The van der Waals surface area contributed by atoms with Gasteiger partial charge in [0.25, 0.3) is 0 Å². The monoisotopic (exact) mass is 393 g/mol. The van der Waals surface area contributed by atoms with Crippen LogP contribution < -0.4 is 0 Å². The Hall–Kier alpha value is -2.48. The smallest absolute Gasteiger partial charge is 0.249 e. The summed E-state index contributed by atoms with van der Waals surface area (Å²) in [6.07, 6.45) is 0.303. The van der Waals surface area contributed by atoms with E-state index in [0.717, 1.165) is 32.8 Å². The number of rotatable bonds is 4. The lowest BCUT2D eigenvalue weighted by Crippen LogP contribution is -2.22. The van der Waals surface area contributed by atoms with Gasteiger partial charge in [-0.15, -0.1) is 12.6 Å². The third kappa shape index (κ3) is 4.49. The highest BCUT2D eigenvalue weighted by Crippen LogP contribution is 2.32. The average molecular weight is 393 g/mol. The Morgan fingerprint density at radius 1 is 0.750 bits per heavy atom. The van der Waals surface area contributed by atoms with Crippen LogP contribution in [-0.2, 0) is 19.6 Å². The number of aryl methyl sites for hydroxylation is 1. The Morgan fingerprint density at radius 3 is 1.86 bits per heavy atom. The SMILES string of the molecule is Cc1ccc(C2OOC(c3ccc(C=Nc4ccccc4S)cc3)OO2)cc1. The highest BCUT2D eigenvalue weighted by atomic mass is 32.1. The summed E-state index contributed by atoms with van der Waals surface area (Å²) in [5, 5.41) is 0. The van der Waals surface area contributed by atoms with E-state index < -0.39 is 12.6 Å². The van der Waals surface area contributed by atoms with Gasteiger partial charge in [-0.1, -0.05) is 66.2 Å². The van der Waals surface area contributed by atoms with Gasteiger partial charge in [0, 0.05) is 22.2 Å². The molecule has 142 valence electrons. The van der Waals surface area contributed by atoms with Crippen LogP contribution in [0.4, 0.5) is 5.69 Å². The van der Waals surface area contributed by atoms with E-state index in [0.29, 0.717) is 0 Å². The second-order valence-electron chi connectivity index (χ2n) is 6.37. The summed E-state index contributed by atoms with van der Waals surface area (Å²) in [6, 6.07) is 23.0. The molecule has 0 saturated carbocycles. The van der Waals surface area contributed by atoms with Gasteiger partial charge in [0.2, 0.25) is 12.6 Å². The maximum absolute atomic E-state index is 5.36. The zero-order chi connectivity index (χ0) is 19.3. The van der Waals surface area contributed by atoms with E-state index in [2.05, 4.69) is 17.6 Å². The Labute approximate surface area is 168 Å². The zero-order valence-corrected chi connectivity index (χ0v) is 16.1. The molecule has 1 heterocycles. The maximum Gasteiger partial charge on any atom is 0.249 e. The van der Waals surface area contributed by atoms with E-state index in [1.807, 2.05) is 79.7 Å². The van der Waals surface area contributed by atoms with Crippen molar-refractivity contribution in [2.75, 3.05) is 0 Å². The maximum atomic E-state index is 5.36. The molecule has 3 aromatic rings. The summed E-state index contributed by atoms with van der Waals surface area (Å²) in [6.45, 7) is 2.01. The summed E-state index contributed by atoms with van der Waals surface area (Å²) in [7, 11) is 0. The number of nitrogens with zero attached hydrogens (tertiary/aromatic N) is 1. The molecule has 0 aliphatic carbocycles. The Morgan fingerprint density at radius 2 is 1.29 bits per heavy atom. The Balaban J connectivity index is 1.37. The summed E-state index contributed by atoms with van der Waals surface area (Å²) in [5.74, 6) is 0. The third-order valence-electron chi connectivity index (χ3n) is 4.25. The summed E-state index contributed by atoms with van der Waals surface area (Å²) < 4.78 is 0. The van der Waals surface area contributed by atoms with Crippen LogP contribution in [0.2, 0.25) is 0 Å². The van der Waals surface area contributed by atoms with Crippen LogP contribution in [0.1, 0.15) is 34.8 Å². The van der Waals surface area contributed by atoms with Crippen LogP contribution in [0.25, 0.3) is 0 Å². The molecule has 0 amide bonds. The molecule has 1 fully saturated rings. The van der Waals surface area contributed by atoms with Crippen LogP contribution in [-0.4, -0.2) is 6.21 Å². The molecule has 0 N–H and O–H groups in total. The zero-order valence-electron chi connectivity index (χ0n) is 15.2. The molecule has 0 unspecified atom stereocenters. The van der Waals surface area contributed by atoms with Gasteiger partial charge < -0.3 is 0 Å². The van der Waals surface area contributed by atoms with Gasteiger partial charge in [-0.3, -0.25) is 4.99 Å². The van der Waals surface area contributed by atoms with Gasteiger partial charge in [0.05, 0.1) is 5.69 Å². The molecule has 4 rings (SSSR count). The fourth-order valence-electron chi connectivity index (χ4n) is 2.64. The fourth-order valence-corrected chi connectivity index (χ4v) is 2.85. The molecule has 3 aromatic carbocycles. The van der Waals surface area contributed by atoms with Gasteiger partial charge >= 0.3 is 0 Å². The summed E-state index contributed by atoms with van der Waals surface area (Å²) in [4.78, 5) is 26.7. The van der Waals surface area contributed by atoms with Crippen LogP contribution in [0.15, 0.2) is 82.7 Å². The van der Waals surface area contributed by atoms with E-state index in [4.69, 9.17) is 19.6 Å². The normalized spacial score (nSPS) is 19.8. The lowest BCUT2D eigenvalue weighted by atomic mass is 10.1. The third-order valence-corrected chi connectivity index (χ3v) is 4.63. The van der Waals surface area contributed by atoms with E-state index in [1.54, 1.807) is 6.21 Å². The minimum atomic E-state index is -0.758. The molecule has 1 saturated heterocycles. The van der Waals surface area contributed by atoms with E-state index in [-0.39, 0.29) is 0 Å². The lowest BCUT2D eigenvalue weighted by molar-refractivity contribution is -0.600. The number of hydrogen-bond acceptors (Lipinski definition) is 6. The molecular formula is C22H19NO4S. The number of thiol groups is 1. The molecule has 1 aliphatic rings. The van der Waals surface area contributed by atoms with Gasteiger partial charge in [-0.25, -0.2) is 0 Å². The molecule has 0 bridgehead atoms. The summed E-state index contributed by atoms with van der Waals surface area (Å²) >= 11 is 4.39. The second-order valence-corrected chi connectivity index (χ2v) is 6.85. The highest BCUT2D eigenvalue weighted by molar-refractivity contribution is 7.80.